The van der Waals surface area contributed by atoms with Crippen LogP contribution < -0.4 is 4.90 Å². The second-order valence-corrected chi connectivity index (χ2v) is 15.5. The lowest BCUT2D eigenvalue weighted by Gasteiger charge is -2.26. The van der Waals surface area contributed by atoms with Crippen LogP contribution in [0.5, 0.6) is 0 Å². The number of para-hydroxylation sites is 2. The molecule has 0 radical (unpaired) electrons. The second kappa shape index (κ2) is 12.0. The Bertz CT molecular complexity index is 3120. The van der Waals surface area contributed by atoms with E-state index in [2.05, 4.69) is 204 Å². The van der Waals surface area contributed by atoms with Gasteiger partial charge in [0.15, 0.2) is 0 Å². The highest BCUT2D eigenvalue weighted by Crippen LogP contribution is 2.42. The number of aryl methyl sites for hydroxylation is 2. The fraction of sp³-hybridized carbons (Fsp3) is 0.0400. The van der Waals surface area contributed by atoms with Crippen molar-refractivity contribution in [1.29, 1.82) is 0 Å². The van der Waals surface area contributed by atoms with Crippen LogP contribution in [0.3, 0.4) is 0 Å². The third-order valence-corrected chi connectivity index (χ3v) is 12.2. The van der Waals surface area contributed by atoms with Gasteiger partial charge >= 0.3 is 0 Å². The SMILES string of the molecule is Cc1ccc2c(c1)c1cc(C)ccc1n2-c1ccc(N(c2ccc(-n3c4ccccc4c4ccccc43)cc2)c2ccc3sc4ccccc4c3c2)cc1. The minimum atomic E-state index is 1.11. The zero-order valence-electron chi connectivity index (χ0n) is 30.0. The molecule has 11 aromatic rings. The van der Waals surface area contributed by atoms with Gasteiger partial charge in [-0.2, -0.15) is 0 Å². The van der Waals surface area contributed by atoms with Crippen LogP contribution in [0.15, 0.2) is 176 Å². The van der Waals surface area contributed by atoms with Gasteiger partial charge in [0.1, 0.15) is 0 Å². The number of hydrogen-bond acceptors (Lipinski definition) is 2. The lowest BCUT2D eigenvalue weighted by Crippen LogP contribution is -2.10. The van der Waals surface area contributed by atoms with E-state index in [-0.39, 0.29) is 0 Å². The van der Waals surface area contributed by atoms with E-state index in [4.69, 9.17) is 0 Å². The first-order valence-electron chi connectivity index (χ1n) is 18.5. The number of anilines is 3. The van der Waals surface area contributed by atoms with Crippen LogP contribution in [0.25, 0.3) is 75.2 Å². The Kier molecular flexibility index (Phi) is 6.85. The van der Waals surface area contributed by atoms with Crippen LogP contribution in [0, 0.1) is 13.8 Å². The van der Waals surface area contributed by atoms with E-state index in [9.17, 15) is 0 Å². The molecule has 0 saturated carbocycles. The highest BCUT2D eigenvalue weighted by molar-refractivity contribution is 7.25. The van der Waals surface area contributed by atoms with Gasteiger partial charge in [-0.25, -0.2) is 0 Å². The van der Waals surface area contributed by atoms with Gasteiger partial charge in [0.05, 0.1) is 22.1 Å². The first-order chi connectivity index (χ1) is 26.6. The summed E-state index contributed by atoms with van der Waals surface area (Å²) < 4.78 is 7.40. The molecule has 8 aromatic carbocycles. The van der Waals surface area contributed by atoms with Crippen LogP contribution in [-0.2, 0) is 0 Å². The largest absolute Gasteiger partial charge is 0.310 e. The molecule has 3 aromatic heterocycles. The first kappa shape index (κ1) is 31.0. The molecule has 0 fully saturated rings. The lowest BCUT2D eigenvalue weighted by atomic mass is 10.1. The Morgan fingerprint density at radius 3 is 1.35 bits per heavy atom. The predicted octanol–water partition coefficient (Wildman–Crippen LogP) is 14.3. The highest BCUT2D eigenvalue weighted by Gasteiger charge is 2.18. The van der Waals surface area contributed by atoms with Crippen molar-refractivity contribution in [2.75, 3.05) is 4.90 Å². The van der Waals surface area contributed by atoms with Crippen molar-refractivity contribution >= 4 is 92.2 Å². The van der Waals surface area contributed by atoms with Crippen LogP contribution in [0.1, 0.15) is 11.1 Å². The summed E-state index contributed by atoms with van der Waals surface area (Å²) in [5.41, 5.74) is 13.0. The minimum absolute atomic E-state index is 1.11. The normalized spacial score (nSPS) is 11.9. The van der Waals surface area contributed by atoms with Crippen LogP contribution >= 0.6 is 11.3 Å². The number of fused-ring (bicyclic) bond motifs is 9. The van der Waals surface area contributed by atoms with Crippen molar-refractivity contribution in [3.63, 3.8) is 0 Å². The van der Waals surface area contributed by atoms with Crippen molar-refractivity contribution in [2.45, 2.75) is 13.8 Å². The van der Waals surface area contributed by atoms with Gasteiger partial charge in [-0.15, -0.1) is 11.3 Å². The van der Waals surface area contributed by atoms with Gasteiger partial charge < -0.3 is 14.0 Å². The van der Waals surface area contributed by atoms with Crippen molar-refractivity contribution in [3.8, 4) is 11.4 Å². The molecule has 4 heteroatoms. The zero-order chi connectivity index (χ0) is 35.9. The van der Waals surface area contributed by atoms with E-state index in [0.717, 1.165) is 28.4 Å². The molecule has 0 spiro atoms. The van der Waals surface area contributed by atoms with E-state index in [1.807, 2.05) is 11.3 Å². The molecule has 0 aliphatic rings. The fourth-order valence-corrected chi connectivity index (χ4v) is 9.62. The third kappa shape index (κ3) is 4.74. The van der Waals surface area contributed by atoms with Crippen LogP contribution in [-0.4, -0.2) is 9.13 Å². The summed E-state index contributed by atoms with van der Waals surface area (Å²) in [5.74, 6) is 0. The Morgan fingerprint density at radius 1 is 0.352 bits per heavy atom. The quantitative estimate of drug-likeness (QED) is 0.173. The second-order valence-electron chi connectivity index (χ2n) is 14.4. The molecule has 256 valence electrons. The summed E-state index contributed by atoms with van der Waals surface area (Å²) >= 11 is 1.86. The number of rotatable bonds is 5. The van der Waals surface area contributed by atoms with Gasteiger partial charge in [0, 0.05) is 70.2 Å². The molecule has 0 aliphatic heterocycles. The van der Waals surface area contributed by atoms with E-state index in [0.29, 0.717) is 0 Å². The molecular formula is C50H35N3S. The summed E-state index contributed by atoms with van der Waals surface area (Å²) in [4.78, 5) is 2.39. The number of thiophene rings is 1. The van der Waals surface area contributed by atoms with E-state index >= 15 is 0 Å². The maximum absolute atomic E-state index is 2.40. The monoisotopic (exact) mass is 709 g/mol. The van der Waals surface area contributed by atoms with E-state index < -0.39 is 0 Å². The maximum Gasteiger partial charge on any atom is 0.0541 e. The van der Waals surface area contributed by atoms with Crippen molar-refractivity contribution in [2.24, 2.45) is 0 Å². The Morgan fingerprint density at radius 2 is 0.796 bits per heavy atom. The Balaban J connectivity index is 1.07. The molecule has 0 atom stereocenters. The number of aromatic nitrogens is 2. The lowest BCUT2D eigenvalue weighted by molar-refractivity contribution is 1.17. The highest BCUT2D eigenvalue weighted by atomic mass is 32.1. The molecule has 3 nitrogen and oxygen atoms in total. The number of nitrogens with zero attached hydrogens (tertiary/aromatic N) is 3. The molecule has 0 N–H and O–H groups in total. The van der Waals surface area contributed by atoms with Crippen molar-refractivity contribution in [3.05, 3.63) is 187 Å². The topological polar surface area (TPSA) is 13.1 Å². The van der Waals surface area contributed by atoms with Gasteiger partial charge in [0.25, 0.3) is 0 Å². The minimum Gasteiger partial charge on any atom is -0.310 e. The zero-order valence-corrected chi connectivity index (χ0v) is 30.8. The Hall–Kier alpha value is -6.62. The summed E-state index contributed by atoms with van der Waals surface area (Å²) in [6, 6.07) is 64.8. The molecule has 0 saturated heterocycles. The third-order valence-electron chi connectivity index (χ3n) is 11.0. The fourth-order valence-electron chi connectivity index (χ4n) is 8.53. The average Bonchev–Trinajstić information content (AvgIpc) is 3.86. The van der Waals surface area contributed by atoms with Crippen molar-refractivity contribution in [1.82, 2.24) is 9.13 Å². The summed E-state index contributed by atoms with van der Waals surface area (Å²) in [6.45, 7) is 4.35. The number of hydrogen-bond donors (Lipinski definition) is 0. The van der Waals surface area contributed by atoms with Gasteiger partial charge in [0.2, 0.25) is 0 Å². The number of benzene rings is 8. The average molecular weight is 710 g/mol. The van der Waals surface area contributed by atoms with E-state index in [1.54, 1.807) is 0 Å². The van der Waals surface area contributed by atoms with Crippen LogP contribution in [0.2, 0.25) is 0 Å². The smallest absolute Gasteiger partial charge is 0.0541 e. The van der Waals surface area contributed by atoms with Crippen molar-refractivity contribution < 1.29 is 0 Å². The first-order valence-corrected chi connectivity index (χ1v) is 19.3. The summed E-state index contributed by atoms with van der Waals surface area (Å²) in [7, 11) is 0. The standard InChI is InChI=1S/C50H35N3S/c1-32-15-26-47-42(29-32)43-30-33(2)16-27-48(43)53(47)37-23-19-35(20-24-37)51(38-25-28-50-44(31-38)41-11-5-8-14-49(41)54-50)34-17-21-36(22-18-34)52-45-12-6-3-9-39(45)40-10-4-7-13-46(40)52/h3-31H,1-2H3. The molecule has 11 rings (SSSR count). The molecule has 0 unspecified atom stereocenters. The van der Waals surface area contributed by atoms with Crippen LogP contribution in [0.4, 0.5) is 17.1 Å². The summed E-state index contributed by atoms with van der Waals surface area (Å²) in [5, 5.41) is 7.70. The maximum atomic E-state index is 2.40. The van der Waals surface area contributed by atoms with Gasteiger partial charge in [-0.3, -0.25) is 0 Å². The van der Waals surface area contributed by atoms with Gasteiger partial charge in [-0.1, -0.05) is 77.9 Å². The predicted molar refractivity (Wildman–Crippen MR) is 232 cm³/mol. The Labute approximate surface area is 317 Å². The summed E-state index contributed by atoms with van der Waals surface area (Å²) in [6.07, 6.45) is 0. The molecule has 0 aliphatic carbocycles. The molecule has 54 heavy (non-hydrogen) atoms. The molecule has 0 amide bonds. The molecule has 3 heterocycles. The van der Waals surface area contributed by atoms with E-state index in [1.165, 1.54) is 74.9 Å². The molecule has 0 bridgehead atoms. The van der Waals surface area contributed by atoms with Gasteiger partial charge in [-0.05, 0) is 123 Å². The molecular weight excluding hydrogens is 675 g/mol.